The Bertz CT molecular complexity index is 609. The second kappa shape index (κ2) is 6.02. The van der Waals surface area contributed by atoms with E-state index in [0.29, 0.717) is 11.6 Å². The van der Waals surface area contributed by atoms with Crippen molar-refractivity contribution in [1.82, 2.24) is 0 Å². The third-order valence-electron chi connectivity index (χ3n) is 2.17. The molecule has 0 saturated carbocycles. The van der Waals surface area contributed by atoms with Crippen molar-refractivity contribution in [3.8, 4) is 6.07 Å². The van der Waals surface area contributed by atoms with Gasteiger partial charge in [0.1, 0.15) is 11.8 Å². The number of rotatable bonds is 4. The number of allylic oxidation sites excluding steroid dienone is 1. The molecule has 6 nitrogen and oxygen atoms in total. The monoisotopic (exact) mass is 258 g/mol. The first-order valence-corrected chi connectivity index (χ1v) is 5.11. The Morgan fingerprint density at radius 2 is 1.79 bits per heavy atom. The molecule has 0 aliphatic heterocycles. The molecule has 0 bridgehead atoms. The van der Waals surface area contributed by atoms with E-state index in [9.17, 15) is 19.8 Å². The van der Waals surface area contributed by atoms with Gasteiger partial charge in [0.05, 0.1) is 0 Å². The zero-order chi connectivity index (χ0) is 14.4. The van der Waals surface area contributed by atoms with Gasteiger partial charge in [0.25, 0.3) is 5.91 Å². The minimum absolute atomic E-state index is 0.348. The van der Waals surface area contributed by atoms with Gasteiger partial charge in [-0.3, -0.25) is 9.59 Å². The molecule has 1 aromatic carbocycles. The summed E-state index contributed by atoms with van der Waals surface area (Å²) in [5.74, 6) is -3.81. The highest BCUT2D eigenvalue weighted by atomic mass is 16.3. The van der Waals surface area contributed by atoms with Crippen molar-refractivity contribution in [2.45, 2.75) is 0 Å². The SMILES string of the molecule is N#C/C(C(N)=O)=C(/O)C(=O)/C=C(/O)c1ccccc1. The van der Waals surface area contributed by atoms with E-state index in [1.807, 2.05) is 0 Å². The average molecular weight is 258 g/mol. The summed E-state index contributed by atoms with van der Waals surface area (Å²) in [5, 5.41) is 27.6. The normalized spacial score (nSPS) is 12.3. The molecule has 0 aromatic heterocycles. The van der Waals surface area contributed by atoms with Gasteiger partial charge in [-0.2, -0.15) is 5.26 Å². The van der Waals surface area contributed by atoms with Crippen LogP contribution in [0, 0.1) is 11.3 Å². The maximum atomic E-state index is 11.5. The molecule has 0 saturated heterocycles. The first-order chi connectivity index (χ1) is 8.97. The van der Waals surface area contributed by atoms with Crippen molar-refractivity contribution in [3.05, 3.63) is 53.3 Å². The van der Waals surface area contributed by atoms with Crippen LogP contribution in [-0.4, -0.2) is 21.9 Å². The van der Waals surface area contributed by atoms with Crippen LogP contribution in [0.15, 0.2) is 47.7 Å². The molecule has 0 aliphatic carbocycles. The number of ketones is 1. The molecular formula is C13H10N2O4. The Kier molecular flexibility index (Phi) is 4.44. The van der Waals surface area contributed by atoms with Gasteiger partial charge in [-0.1, -0.05) is 30.3 Å². The van der Waals surface area contributed by atoms with Crippen LogP contribution in [0.1, 0.15) is 5.56 Å². The molecule has 0 spiro atoms. The van der Waals surface area contributed by atoms with E-state index in [1.165, 1.54) is 6.07 Å². The number of aliphatic hydroxyl groups excluding tert-OH is 2. The van der Waals surface area contributed by atoms with E-state index in [-0.39, 0.29) is 0 Å². The van der Waals surface area contributed by atoms with Crippen LogP contribution in [0.2, 0.25) is 0 Å². The summed E-state index contributed by atoms with van der Waals surface area (Å²) < 4.78 is 0. The van der Waals surface area contributed by atoms with E-state index in [1.54, 1.807) is 30.3 Å². The second-order valence-corrected chi connectivity index (χ2v) is 3.46. The predicted molar refractivity (Wildman–Crippen MR) is 66.5 cm³/mol. The lowest BCUT2D eigenvalue weighted by Gasteiger charge is -2.00. The highest BCUT2D eigenvalue weighted by molar-refractivity contribution is 6.12. The summed E-state index contributed by atoms with van der Waals surface area (Å²) in [6, 6.07) is 9.40. The maximum Gasteiger partial charge on any atom is 0.263 e. The van der Waals surface area contributed by atoms with Gasteiger partial charge >= 0.3 is 0 Å². The van der Waals surface area contributed by atoms with Gasteiger partial charge in [-0.25, -0.2) is 0 Å². The number of amides is 1. The van der Waals surface area contributed by atoms with Gasteiger partial charge in [0, 0.05) is 11.6 Å². The van der Waals surface area contributed by atoms with Crippen LogP contribution < -0.4 is 5.73 Å². The van der Waals surface area contributed by atoms with E-state index in [4.69, 9.17) is 11.0 Å². The van der Waals surface area contributed by atoms with Crippen molar-refractivity contribution >= 4 is 17.4 Å². The van der Waals surface area contributed by atoms with Crippen LogP contribution in [0.3, 0.4) is 0 Å². The lowest BCUT2D eigenvalue weighted by molar-refractivity contribution is -0.116. The first kappa shape index (κ1) is 14.0. The number of nitrogens with zero attached hydrogens (tertiary/aromatic N) is 1. The molecule has 0 heterocycles. The molecule has 0 aliphatic rings. The molecule has 19 heavy (non-hydrogen) atoms. The van der Waals surface area contributed by atoms with Crippen LogP contribution in [-0.2, 0) is 9.59 Å². The quantitative estimate of drug-likeness (QED) is 0.421. The summed E-state index contributed by atoms with van der Waals surface area (Å²) in [5.41, 5.74) is 4.30. The summed E-state index contributed by atoms with van der Waals surface area (Å²) in [6.07, 6.45) is 0.699. The Balaban J connectivity index is 3.10. The van der Waals surface area contributed by atoms with E-state index < -0.39 is 28.8 Å². The van der Waals surface area contributed by atoms with Gasteiger partial charge in [-0.05, 0) is 0 Å². The Hall–Kier alpha value is -3.07. The number of primary amides is 1. The van der Waals surface area contributed by atoms with Crippen molar-refractivity contribution in [3.63, 3.8) is 0 Å². The van der Waals surface area contributed by atoms with Crippen molar-refractivity contribution in [2.75, 3.05) is 0 Å². The highest BCUT2D eigenvalue weighted by Gasteiger charge is 2.17. The van der Waals surface area contributed by atoms with Gasteiger partial charge in [0.15, 0.2) is 11.3 Å². The lowest BCUT2D eigenvalue weighted by atomic mass is 10.1. The zero-order valence-corrected chi connectivity index (χ0v) is 9.70. The third kappa shape index (κ3) is 3.44. The minimum atomic E-state index is -1.22. The molecule has 0 fully saturated rings. The van der Waals surface area contributed by atoms with E-state index >= 15 is 0 Å². The second-order valence-electron chi connectivity index (χ2n) is 3.46. The Labute approximate surface area is 108 Å². The number of hydrogen-bond donors (Lipinski definition) is 3. The minimum Gasteiger partial charge on any atom is -0.507 e. The number of carbonyl (C=O) groups is 2. The molecular weight excluding hydrogens is 248 g/mol. The number of carbonyl (C=O) groups excluding carboxylic acids is 2. The number of hydrogen-bond acceptors (Lipinski definition) is 5. The topological polar surface area (TPSA) is 124 Å². The van der Waals surface area contributed by atoms with Crippen LogP contribution in [0.25, 0.3) is 5.76 Å². The molecule has 6 heteroatoms. The summed E-state index contributed by atoms with van der Waals surface area (Å²) in [7, 11) is 0. The van der Waals surface area contributed by atoms with Gasteiger partial charge in [0.2, 0.25) is 5.78 Å². The fourth-order valence-corrected chi connectivity index (χ4v) is 1.23. The van der Waals surface area contributed by atoms with Crippen LogP contribution in [0.5, 0.6) is 0 Å². The molecule has 1 rings (SSSR count). The Morgan fingerprint density at radius 3 is 2.26 bits per heavy atom. The fourth-order valence-electron chi connectivity index (χ4n) is 1.23. The maximum absolute atomic E-state index is 11.5. The molecule has 1 amide bonds. The number of benzene rings is 1. The first-order valence-electron chi connectivity index (χ1n) is 5.11. The Morgan fingerprint density at radius 1 is 1.21 bits per heavy atom. The average Bonchev–Trinajstić information content (AvgIpc) is 2.39. The molecule has 0 radical (unpaired) electrons. The number of nitrogens with two attached hydrogens (primary N) is 1. The smallest absolute Gasteiger partial charge is 0.263 e. The number of aliphatic hydroxyl groups is 2. The summed E-state index contributed by atoms with van der Waals surface area (Å²) >= 11 is 0. The van der Waals surface area contributed by atoms with Crippen molar-refractivity contribution < 1.29 is 19.8 Å². The highest BCUT2D eigenvalue weighted by Crippen LogP contribution is 2.12. The standard InChI is InChI=1S/C13H10N2O4/c14-7-9(13(15)19)12(18)11(17)6-10(16)8-4-2-1-3-5-8/h1-6,16,18H,(H2,15,19)/b10-6+,12-9-. The third-order valence-corrected chi connectivity index (χ3v) is 2.17. The molecule has 1 aromatic rings. The molecule has 0 unspecified atom stereocenters. The van der Waals surface area contributed by atoms with Crippen molar-refractivity contribution in [1.29, 1.82) is 5.26 Å². The van der Waals surface area contributed by atoms with Crippen LogP contribution in [0.4, 0.5) is 0 Å². The predicted octanol–water partition coefficient (Wildman–Crippen LogP) is 0.976. The summed E-state index contributed by atoms with van der Waals surface area (Å²) in [6.45, 7) is 0. The zero-order valence-electron chi connectivity index (χ0n) is 9.70. The molecule has 4 N–H and O–H groups in total. The van der Waals surface area contributed by atoms with Crippen molar-refractivity contribution in [2.24, 2.45) is 5.73 Å². The fraction of sp³-hybridized carbons (Fsp3) is 0. The largest absolute Gasteiger partial charge is 0.507 e. The van der Waals surface area contributed by atoms with Crippen LogP contribution >= 0.6 is 0 Å². The van der Waals surface area contributed by atoms with E-state index in [2.05, 4.69) is 0 Å². The van der Waals surface area contributed by atoms with Gasteiger partial charge in [-0.15, -0.1) is 0 Å². The number of nitriles is 1. The summed E-state index contributed by atoms with van der Waals surface area (Å²) in [4.78, 5) is 22.3. The van der Waals surface area contributed by atoms with E-state index in [0.717, 1.165) is 0 Å². The molecule has 96 valence electrons. The lowest BCUT2D eigenvalue weighted by Crippen LogP contribution is -2.17. The molecule has 0 atom stereocenters. The van der Waals surface area contributed by atoms with Gasteiger partial charge < -0.3 is 15.9 Å².